The highest BCUT2D eigenvalue weighted by molar-refractivity contribution is 5.97. The van der Waals surface area contributed by atoms with Crippen molar-refractivity contribution in [3.63, 3.8) is 0 Å². The lowest BCUT2D eigenvalue weighted by molar-refractivity contribution is -0.154. The summed E-state index contributed by atoms with van der Waals surface area (Å²) >= 11 is 0. The molecule has 1 aromatic carbocycles. The summed E-state index contributed by atoms with van der Waals surface area (Å²) in [6.07, 6.45) is 2.67. The SMILES string of the molecule is CC[C@H](C)[C@@H]1NC(=O)[C@H]2CN(Cc3ccc4ncccc4c3)CCN2C1=O. The fourth-order valence-corrected chi connectivity index (χ4v) is 4.06. The number of amides is 2. The zero-order valence-corrected chi connectivity index (χ0v) is 15.9. The second kappa shape index (κ2) is 7.27. The number of pyridine rings is 1. The van der Waals surface area contributed by atoms with Gasteiger partial charge >= 0.3 is 0 Å². The predicted molar refractivity (Wildman–Crippen MR) is 104 cm³/mol. The van der Waals surface area contributed by atoms with Crippen LogP contribution in [0, 0.1) is 5.92 Å². The van der Waals surface area contributed by atoms with Gasteiger partial charge in [0.15, 0.2) is 0 Å². The molecule has 6 heteroatoms. The third-order valence-electron chi connectivity index (χ3n) is 5.90. The number of benzene rings is 1. The zero-order chi connectivity index (χ0) is 19.0. The Morgan fingerprint density at radius 1 is 1.26 bits per heavy atom. The van der Waals surface area contributed by atoms with Crippen molar-refractivity contribution in [2.24, 2.45) is 5.92 Å². The van der Waals surface area contributed by atoms with Gasteiger partial charge in [-0.15, -0.1) is 0 Å². The third kappa shape index (κ3) is 3.41. The lowest BCUT2D eigenvalue weighted by Crippen LogP contribution is -2.70. The molecule has 2 amide bonds. The maximum Gasteiger partial charge on any atom is 0.246 e. The van der Waals surface area contributed by atoms with Gasteiger partial charge < -0.3 is 10.2 Å². The summed E-state index contributed by atoms with van der Waals surface area (Å²) in [6.45, 7) is 6.81. The molecule has 2 aliphatic rings. The van der Waals surface area contributed by atoms with Crippen molar-refractivity contribution in [3.8, 4) is 0 Å². The van der Waals surface area contributed by atoms with Gasteiger partial charge in [-0.3, -0.25) is 19.5 Å². The van der Waals surface area contributed by atoms with Crippen molar-refractivity contribution in [2.75, 3.05) is 19.6 Å². The van der Waals surface area contributed by atoms with Crippen molar-refractivity contribution in [2.45, 2.75) is 38.9 Å². The van der Waals surface area contributed by atoms with Crippen molar-refractivity contribution in [1.82, 2.24) is 20.1 Å². The van der Waals surface area contributed by atoms with Gasteiger partial charge in [-0.05, 0) is 29.7 Å². The van der Waals surface area contributed by atoms with Crippen LogP contribution in [-0.2, 0) is 16.1 Å². The van der Waals surface area contributed by atoms with Crippen LogP contribution >= 0.6 is 0 Å². The fraction of sp³-hybridized carbons (Fsp3) is 0.476. The van der Waals surface area contributed by atoms with Crippen molar-refractivity contribution >= 4 is 22.7 Å². The van der Waals surface area contributed by atoms with Crippen LogP contribution in [0.1, 0.15) is 25.8 Å². The average Bonchev–Trinajstić information content (AvgIpc) is 2.70. The Labute approximate surface area is 159 Å². The highest BCUT2D eigenvalue weighted by Gasteiger charge is 2.44. The maximum absolute atomic E-state index is 12.8. The Kier molecular flexibility index (Phi) is 4.83. The number of nitrogens with one attached hydrogen (secondary N) is 1. The van der Waals surface area contributed by atoms with Gasteiger partial charge in [0, 0.05) is 37.8 Å². The van der Waals surface area contributed by atoms with E-state index >= 15 is 0 Å². The van der Waals surface area contributed by atoms with Crippen molar-refractivity contribution < 1.29 is 9.59 Å². The first-order valence-corrected chi connectivity index (χ1v) is 9.73. The first-order valence-electron chi connectivity index (χ1n) is 9.73. The largest absolute Gasteiger partial charge is 0.342 e. The summed E-state index contributed by atoms with van der Waals surface area (Å²) in [4.78, 5) is 33.8. The van der Waals surface area contributed by atoms with Crippen LogP contribution in [0.4, 0.5) is 0 Å². The Bertz CT molecular complexity index is 868. The van der Waals surface area contributed by atoms with Gasteiger partial charge in [0.25, 0.3) is 0 Å². The van der Waals surface area contributed by atoms with E-state index in [2.05, 4.69) is 33.4 Å². The Balaban J connectivity index is 1.46. The molecule has 142 valence electrons. The normalized spacial score (nSPS) is 24.6. The molecule has 1 N–H and O–H groups in total. The average molecular weight is 366 g/mol. The van der Waals surface area contributed by atoms with Crippen LogP contribution in [0.25, 0.3) is 10.9 Å². The van der Waals surface area contributed by atoms with Gasteiger partial charge in [-0.1, -0.05) is 32.4 Å². The number of aromatic nitrogens is 1. The number of fused-ring (bicyclic) bond motifs is 2. The van der Waals surface area contributed by atoms with E-state index in [1.807, 2.05) is 26.0 Å². The second-order valence-corrected chi connectivity index (χ2v) is 7.68. The molecule has 3 heterocycles. The van der Waals surface area contributed by atoms with Gasteiger partial charge in [0.1, 0.15) is 12.1 Å². The van der Waals surface area contributed by atoms with E-state index < -0.39 is 0 Å². The molecular weight excluding hydrogens is 340 g/mol. The molecule has 4 rings (SSSR count). The summed E-state index contributed by atoms with van der Waals surface area (Å²) in [5.41, 5.74) is 2.18. The lowest BCUT2D eigenvalue weighted by Gasteiger charge is -2.46. The van der Waals surface area contributed by atoms with Crippen molar-refractivity contribution in [3.05, 3.63) is 42.1 Å². The first-order chi connectivity index (χ1) is 13.1. The van der Waals surface area contributed by atoms with E-state index in [0.717, 1.165) is 30.4 Å². The van der Waals surface area contributed by atoms with E-state index in [1.54, 1.807) is 11.1 Å². The molecule has 6 nitrogen and oxygen atoms in total. The maximum atomic E-state index is 12.8. The van der Waals surface area contributed by atoms with E-state index in [4.69, 9.17) is 0 Å². The minimum atomic E-state index is -0.381. The van der Waals surface area contributed by atoms with Crippen LogP contribution in [-0.4, -0.2) is 58.3 Å². The molecule has 0 spiro atoms. The number of carbonyl (C=O) groups excluding carboxylic acids is 2. The molecule has 0 saturated carbocycles. The highest BCUT2D eigenvalue weighted by Crippen LogP contribution is 2.22. The van der Waals surface area contributed by atoms with Gasteiger partial charge in [0.2, 0.25) is 11.8 Å². The van der Waals surface area contributed by atoms with Crippen LogP contribution in [0.5, 0.6) is 0 Å². The molecule has 0 radical (unpaired) electrons. The summed E-state index contributed by atoms with van der Waals surface area (Å²) in [5, 5.41) is 4.08. The Morgan fingerprint density at radius 2 is 2.11 bits per heavy atom. The number of piperazine rings is 2. The van der Waals surface area contributed by atoms with Gasteiger partial charge in [0.05, 0.1) is 5.52 Å². The van der Waals surface area contributed by atoms with Gasteiger partial charge in [-0.2, -0.15) is 0 Å². The quantitative estimate of drug-likeness (QED) is 0.896. The lowest BCUT2D eigenvalue weighted by atomic mass is 9.93. The standard InChI is InChI=1S/C21H26N4O2/c1-3-14(2)19-21(27)25-10-9-24(13-18(25)20(26)23-19)12-15-6-7-17-16(11-15)5-4-8-22-17/h4-8,11,14,18-19H,3,9-10,12-13H2,1-2H3,(H,23,26)/t14-,18+,19-/m0/s1. The van der Waals surface area contributed by atoms with Crippen LogP contribution in [0.3, 0.4) is 0 Å². The molecule has 1 aromatic heterocycles. The first kappa shape index (κ1) is 17.9. The molecule has 3 atom stereocenters. The minimum Gasteiger partial charge on any atom is -0.342 e. The number of hydrogen-bond donors (Lipinski definition) is 1. The molecule has 0 aliphatic carbocycles. The Morgan fingerprint density at radius 3 is 2.93 bits per heavy atom. The number of carbonyl (C=O) groups is 2. The fourth-order valence-electron chi connectivity index (χ4n) is 4.06. The highest BCUT2D eigenvalue weighted by atomic mass is 16.2. The van der Waals surface area contributed by atoms with Gasteiger partial charge in [-0.25, -0.2) is 0 Å². The van der Waals surface area contributed by atoms with E-state index in [-0.39, 0.29) is 29.8 Å². The summed E-state index contributed by atoms with van der Waals surface area (Å²) in [6, 6.07) is 9.52. The summed E-state index contributed by atoms with van der Waals surface area (Å²) in [7, 11) is 0. The Hall–Kier alpha value is -2.47. The molecule has 2 aromatic rings. The molecule has 0 unspecified atom stereocenters. The number of nitrogens with zero attached hydrogens (tertiary/aromatic N) is 3. The second-order valence-electron chi connectivity index (χ2n) is 7.68. The van der Waals surface area contributed by atoms with Crippen molar-refractivity contribution in [1.29, 1.82) is 0 Å². The molecule has 2 fully saturated rings. The molecular formula is C21H26N4O2. The van der Waals surface area contributed by atoms with Crippen LogP contribution < -0.4 is 5.32 Å². The minimum absolute atomic E-state index is 0.0210. The van der Waals surface area contributed by atoms with Crippen LogP contribution in [0.2, 0.25) is 0 Å². The smallest absolute Gasteiger partial charge is 0.246 e. The molecule has 2 aliphatic heterocycles. The predicted octanol–water partition coefficient (Wildman–Crippen LogP) is 1.79. The topological polar surface area (TPSA) is 65.5 Å². The van der Waals surface area contributed by atoms with E-state index in [9.17, 15) is 9.59 Å². The third-order valence-corrected chi connectivity index (χ3v) is 5.90. The number of rotatable bonds is 4. The molecule has 2 saturated heterocycles. The molecule has 27 heavy (non-hydrogen) atoms. The van der Waals surface area contributed by atoms with Crippen LogP contribution in [0.15, 0.2) is 36.5 Å². The monoisotopic (exact) mass is 366 g/mol. The number of hydrogen-bond acceptors (Lipinski definition) is 4. The van der Waals surface area contributed by atoms with E-state index in [0.29, 0.717) is 13.1 Å². The summed E-state index contributed by atoms with van der Waals surface area (Å²) in [5.74, 6) is 0.212. The summed E-state index contributed by atoms with van der Waals surface area (Å²) < 4.78 is 0. The molecule has 0 bridgehead atoms. The van der Waals surface area contributed by atoms with E-state index in [1.165, 1.54) is 5.56 Å². The zero-order valence-electron chi connectivity index (χ0n) is 15.9.